The minimum atomic E-state index is 0.410. The number of allylic oxidation sites excluding steroid dienone is 1. The van der Waals surface area contributed by atoms with Crippen molar-refractivity contribution in [2.45, 2.75) is 0 Å². The minimum Gasteiger partial charge on any atom is -0.496 e. The monoisotopic (exact) mass is 260 g/mol. The molecule has 1 nitrogen and oxygen atoms in total. The van der Waals surface area contributed by atoms with Gasteiger partial charge in [0.1, 0.15) is 5.75 Å². The van der Waals surface area contributed by atoms with Gasteiger partial charge in [-0.25, -0.2) is 0 Å². The van der Waals surface area contributed by atoms with Crippen LogP contribution in [0.3, 0.4) is 0 Å². The SMILES string of the molecule is C=C(CCl)c1cc(Br)ccc1OC. The van der Waals surface area contributed by atoms with Gasteiger partial charge < -0.3 is 4.74 Å². The van der Waals surface area contributed by atoms with Crippen LogP contribution in [0.2, 0.25) is 0 Å². The van der Waals surface area contributed by atoms with E-state index in [0.29, 0.717) is 5.88 Å². The average molecular weight is 262 g/mol. The lowest BCUT2D eigenvalue weighted by Gasteiger charge is -2.09. The Morgan fingerprint density at radius 1 is 1.62 bits per heavy atom. The summed E-state index contributed by atoms with van der Waals surface area (Å²) in [5.74, 6) is 1.21. The summed E-state index contributed by atoms with van der Waals surface area (Å²) in [5.41, 5.74) is 1.81. The second kappa shape index (κ2) is 4.68. The number of halogens is 2. The quantitative estimate of drug-likeness (QED) is 0.754. The van der Waals surface area contributed by atoms with Crippen molar-refractivity contribution in [2.24, 2.45) is 0 Å². The van der Waals surface area contributed by atoms with Gasteiger partial charge >= 0.3 is 0 Å². The fourth-order valence-electron chi connectivity index (χ4n) is 1.03. The number of alkyl halides is 1. The summed E-state index contributed by atoms with van der Waals surface area (Å²) < 4.78 is 6.18. The summed E-state index contributed by atoms with van der Waals surface area (Å²) in [6.45, 7) is 3.86. The fourth-order valence-corrected chi connectivity index (χ4v) is 1.53. The summed E-state index contributed by atoms with van der Waals surface area (Å²) >= 11 is 9.08. The molecule has 0 radical (unpaired) electrons. The molecule has 0 bridgehead atoms. The molecule has 0 spiro atoms. The van der Waals surface area contributed by atoms with Gasteiger partial charge in [0.2, 0.25) is 0 Å². The highest BCUT2D eigenvalue weighted by atomic mass is 79.9. The van der Waals surface area contributed by atoms with Gasteiger partial charge in [0.15, 0.2) is 0 Å². The Bertz CT molecular complexity index is 323. The van der Waals surface area contributed by atoms with E-state index < -0.39 is 0 Å². The van der Waals surface area contributed by atoms with Crippen molar-refractivity contribution >= 4 is 33.1 Å². The summed E-state index contributed by atoms with van der Waals surface area (Å²) in [7, 11) is 1.63. The lowest BCUT2D eigenvalue weighted by molar-refractivity contribution is 0.413. The second-order valence-corrected chi connectivity index (χ2v) is 3.76. The Morgan fingerprint density at radius 3 is 2.85 bits per heavy atom. The molecule has 3 heteroatoms. The number of benzene rings is 1. The zero-order valence-electron chi connectivity index (χ0n) is 7.31. The van der Waals surface area contributed by atoms with Gasteiger partial charge in [0, 0.05) is 15.9 Å². The summed E-state index contributed by atoms with van der Waals surface area (Å²) in [5, 5.41) is 0. The maximum Gasteiger partial charge on any atom is 0.126 e. The molecular formula is C10H10BrClO. The third-order valence-electron chi connectivity index (χ3n) is 1.70. The summed E-state index contributed by atoms with van der Waals surface area (Å²) in [6.07, 6.45) is 0. The van der Waals surface area contributed by atoms with Gasteiger partial charge in [-0.05, 0) is 23.8 Å². The van der Waals surface area contributed by atoms with E-state index in [9.17, 15) is 0 Å². The van der Waals surface area contributed by atoms with Gasteiger partial charge in [-0.15, -0.1) is 11.6 Å². The molecule has 0 atom stereocenters. The van der Waals surface area contributed by atoms with Crippen LogP contribution in [0.1, 0.15) is 5.56 Å². The van der Waals surface area contributed by atoms with Crippen LogP contribution in [0.15, 0.2) is 29.3 Å². The second-order valence-electron chi connectivity index (χ2n) is 2.58. The number of hydrogen-bond donors (Lipinski definition) is 0. The topological polar surface area (TPSA) is 9.23 Å². The average Bonchev–Trinajstić information content (AvgIpc) is 2.16. The Kier molecular flexibility index (Phi) is 3.82. The largest absolute Gasteiger partial charge is 0.496 e. The molecule has 0 saturated carbocycles. The Labute approximate surface area is 91.5 Å². The van der Waals surface area contributed by atoms with Crippen LogP contribution in [0, 0.1) is 0 Å². The standard InChI is InChI=1S/C10H10BrClO/c1-7(6-12)9-5-8(11)3-4-10(9)13-2/h3-5H,1,6H2,2H3. The van der Waals surface area contributed by atoms with E-state index in [1.807, 2.05) is 18.2 Å². The molecule has 0 amide bonds. The van der Waals surface area contributed by atoms with Crippen LogP contribution in [0.4, 0.5) is 0 Å². The molecule has 0 heterocycles. The molecule has 0 saturated heterocycles. The molecule has 13 heavy (non-hydrogen) atoms. The van der Waals surface area contributed by atoms with Crippen LogP contribution in [-0.4, -0.2) is 13.0 Å². The Hall–Kier alpha value is -0.470. The van der Waals surface area contributed by atoms with Gasteiger partial charge in [0.05, 0.1) is 7.11 Å². The Balaban J connectivity index is 3.15. The van der Waals surface area contributed by atoms with Crippen LogP contribution < -0.4 is 4.74 Å². The molecule has 0 aromatic heterocycles. The van der Waals surface area contributed by atoms with E-state index in [2.05, 4.69) is 22.5 Å². The first kappa shape index (κ1) is 10.6. The van der Waals surface area contributed by atoms with Crippen LogP contribution in [0.25, 0.3) is 5.57 Å². The van der Waals surface area contributed by atoms with Crippen molar-refractivity contribution in [1.29, 1.82) is 0 Å². The van der Waals surface area contributed by atoms with Crippen molar-refractivity contribution in [1.82, 2.24) is 0 Å². The smallest absolute Gasteiger partial charge is 0.126 e. The summed E-state index contributed by atoms with van der Waals surface area (Å²) in [6, 6.07) is 5.75. The third-order valence-corrected chi connectivity index (χ3v) is 2.52. The predicted octanol–water partition coefficient (Wildman–Crippen LogP) is 3.71. The highest BCUT2D eigenvalue weighted by Crippen LogP contribution is 2.28. The van der Waals surface area contributed by atoms with Gasteiger partial charge in [-0.1, -0.05) is 22.5 Å². The van der Waals surface area contributed by atoms with E-state index in [1.54, 1.807) is 7.11 Å². The first-order valence-electron chi connectivity index (χ1n) is 3.76. The minimum absolute atomic E-state index is 0.410. The van der Waals surface area contributed by atoms with Gasteiger partial charge in [-0.3, -0.25) is 0 Å². The van der Waals surface area contributed by atoms with E-state index >= 15 is 0 Å². The summed E-state index contributed by atoms with van der Waals surface area (Å²) in [4.78, 5) is 0. The highest BCUT2D eigenvalue weighted by Gasteiger charge is 2.05. The first-order valence-corrected chi connectivity index (χ1v) is 5.09. The molecule has 0 aliphatic rings. The number of hydrogen-bond acceptors (Lipinski definition) is 1. The molecule has 0 N–H and O–H groups in total. The van der Waals surface area contributed by atoms with E-state index in [4.69, 9.17) is 16.3 Å². The van der Waals surface area contributed by atoms with Crippen molar-refractivity contribution in [3.63, 3.8) is 0 Å². The molecular weight excluding hydrogens is 251 g/mol. The predicted molar refractivity (Wildman–Crippen MR) is 60.4 cm³/mol. The normalized spacial score (nSPS) is 9.77. The van der Waals surface area contributed by atoms with Gasteiger partial charge in [0.25, 0.3) is 0 Å². The van der Waals surface area contributed by atoms with Crippen molar-refractivity contribution in [3.05, 3.63) is 34.8 Å². The lowest BCUT2D eigenvalue weighted by atomic mass is 10.1. The maximum atomic E-state index is 5.70. The molecule has 1 aromatic carbocycles. The first-order chi connectivity index (χ1) is 6.19. The molecule has 0 aliphatic carbocycles. The van der Waals surface area contributed by atoms with Crippen molar-refractivity contribution in [3.8, 4) is 5.75 Å². The van der Waals surface area contributed by atoms with Crippen molar-refractivity contribution < 1.29 is 4.74 Å². The number of rotatable bonds is 3. The fraction of sp³-hybridized carbons (Fsp3) is 0.200. The molecule has 1 rings (SSSR count). The van der Waals surface area contributed by atoms with E-state index in [-0.39, 0.29) is 0 Å². The zero-order chi connectivity index (χ0) is 9.84. The lowest BCUT2D eigenvalue weighted by Crippen LogP contribution is -1.91. The molecule has 1 aromatic rings. The van der Waals surface area contributed by atoms with Crippen LogP contribution in [0.5, 0.6) is 5.75 Å². The number of methoxy groups -OCH3 is 1. The van der Waals surface area contributed by atoms with Crippen LogP contribution >= 0.6 is 27.5 Å². The zero-order valence-corrected chi connectivity index (χ0v) is 9.65. The van der Waals surface area contributed by atoms with Crippen LogP contribution in [-0.2, 0) is 0 Å². The molecule has 0 fully saturated rings. The van der Waals surface area contributed by atoms with Gasteiger partial charge in [-0.2, -0.15) is 0 Å². The number of ether oxygens (including phenoxy) is 1. The van der Waals surface area contributed by atoms with E-state index in [0.717, 1.165) is 21.4 Å². The molecule has 0 aliphatic heterocycles. The third kappa shape index (κ3) is 2.48. The molecule has 70 valence electrons. The Morgan fingerprint density at radius 2 is 2.31 bits per heavy atom. The van der Waals surface area contributed by atoms with E-state index in [1.165, 1.54) is 0 Å². The molecule has 0 unspecified atom stereocenters. The highest BCUT2D eigenvalue weighted by molar-refractivity contribution is 9.10. The van der Waals surface area contributed by atoms with Crippen molar-refractivity contribution in [2.75, 3.05) is 13.0 Å². The maximum absolute atomic E-state index is 5.70.